The van der Waals surface area contributed by atoms with Crippen molar-refractivity contribution in [2.24, 2.45) is 0 Å². The van der Waals surface area contributed by atoms with Crippen molar-refractivity contribution in [3.8, 4) is 0 Å². The molecule has 0 amide bonds. The van der Waals surface area contributed by atoms with E-state index in [1.165, 1.54) is 0 Å². The molecule has 1 heterocycles. The molecule has 0 bridgehead atoms. The summed E-state index contributed by atoms with van der Waals surface area (Å²) in [6, 6.07) is 2.25. The van der Waals surface area contributed by atoms with Gasteiger partial charge in [-0.3, -0.25) is 14.7 Å². The minimum Gasteiger partial charge on any atom is -0.478 e. The highest BCUT2D eigenvalue weighted by Gasteiger charge is 1.99. The normalized spacial score (nSPS) is 11.4. The zero-order valence-electron chi connectivity index (χ0n) is 8.06. The summed E-state index contributed by atoms with van der Waals surface area (Å²) in [5.41, 5.74) is -0.322. The molecule has 0 fully saturated rings. The molecule has 0 aliphatic rings. The lowest BCUT2D eigenvalue weighted by Crippen LogP contribution is -2.28. The van der Waals surface area contributed by atoms with E-state index in [-0.39, 0.29) is 12.1 Å². The molecule has 6 heteroatoms. The highest BCUT2D eigenvalue weighted by molar-refractivity contribution is 5.80. The Balaban J connectivity index is 3.00. The van der Waals surface area contributed by atoms with Crippen molar-refractivity contribution in [3.63, 3.8) is 0 Å². The zero-order valence-corrected chi connectivity index (χ0v) is 8.06. The summed E-state index contributed by atoms with van der Waals surface area (Å²) in [5, 5.41) is 10.7. The van der Waals surface area contributed by atoms with Crippen LogP contribution < -0.4 is 11.1 Å². The first kappa shape index (κ1) is 11.0. The number of hydrogen-bond donors (Lipinski definition) is 2. The van der Waals surface area contributed by atoms with Crippen LogP contribution in [-0.4, -0.2) is 20.9 Å². The Morgan fingerprint density at radius 3 is 2.80 bits per heavy atom. The largest absolute Gasteiger partial charge is 0.478 e. The maximum atomic E-state index is 11.2. The van der Waals surface area contributed by atoms with Gasteiger partial charge in [0.05, 0.1) is 6.54 Å². The van der Waals surface area contributed by atoms with Crippen molar-refractivity contribution in [2.45, 2.75) is 13.5 Å². The number of hydrogen-bond acceptors (Lipinski definition) is 3. The molecular formula is C9H10N2O4. The van der Waals surface area contributed by atoms with E-state index in [4.69, 9.17) is 5.11 Å². The summed E-state index contributed by atoms with van der Waals surface area (Å²) in [4.78, 5) is 32.4. The third-order valence-electron chi connectivity index (χ3n) is 1.67. The second kappa shape index (κ2) is 4.41. The highest BCUT2D eigenvalue weighted by Crippen LogP contribution is 1.93. The van der Waals surface area contributed by atoms with Crippen LogP contribution in [0.4, 0.5) is 0 Å². The number of allylic oxidation sites excluding steroid dienone is 1. The lowest BCUT2D eigenvalue weighted by molar-refractivity contribution is -0.131. The first-order valence-corrected chi connectivity index (χ1v) is 4.19. The average Bonchev–Trinajstić information content (AvgIpc) is 2.10. The first-order valence-electron chi connectivity index (χ1n) is 4.19. The monoisotopic (exact) mass is 210 g/mol. The zero-order chi connectivity index (χ0) is 11.4. The standard InChI is InChI=1S/C9H10N2O4/c1-6(4-9(14)15)5-11-8(13)3-2-7(12)10-11/h2-4H,5H2,1H3,(H,10,12)(H,14,15). The molecule has 1 aromatic heterocycles. The van der Waals surface area contributed by atoms with Gasteiger partial charge in [0, 0.05) is 18.2 Å². The van der Waals surface area contributed by atoms with Crippen molar-refractivity contribution in [1.29, 1.82) is 0 Å². The smallest absolute Gasteiger partial charge is 0.328 e. The molecule has 15 heavy (non-hydrogen) atoms. The molecule has 6 nitrogen and oxygen atoms in total. The maximum absolute atomic E-state index is 11.2. The van der Waals surface area contributed by atoms with E-state index >= 15 is 0 Å². The third-order valence-corrected chi connectivity index (χ3v) is 1.67. The van der Waals surface area contributed by atoms with Crippen LogP contribution in [0.15, 0.2) is 33.4 Å². The van der Waals surface area contributed by atoms with Crippen LogP contribution in [0.1, 0.15) is 6.92 Å². The number of aromatic nitrogens is 2. The quantitative estimate of drug-likeness (QED) is 0.662. The lowest BCUT2D eigenvalue weighted by Gasteiger charge is -2.03. The van der Waals surface area contributed by atoms with Crippen LogP contribution in [0.3, 0.4) is 0 Å². The molecule has 1 aromatic rings. The van der Waals surface area contributed by atoms with E-state index in [0.29, 0.717) is 5.57 Å². The Morgan fingerprint density at radius 1 is 1.53 bits per heavy atom. The Bertz CT molecular complexity index is 509. The number of carboxylic acids is 1. The minimum absolute atomic E-state index is 0.0568. The Morgan fingerprint density at radius 2 is 2.20 bits per heavy atom. The number of aromatic amines is 1. The first-order chi connectivity index (χ1) is 6.99. The molecule has 0 unspecified atom stereocenters. The molecule has 1 rings (SSSR count). The summed E-state index contributed by atoms with van der Waals surface area (Å²) >= 11 is 0. The molecule has 0 aromatic carbocycles. The number of H-pyrrole nitrogens is 1. The van der Waals surface area contributed by atoms with E-state index in [2.05, 4.69) is 5.10 Å². The number of carboxylic acid groups (broad SMARTS) is 1. The van der Waals surface area contributed by atoms with E-state index < -0.39 is 11.5 Å². The van der Waals surface area contributed by atoms with Gasteiger partial charge in [0.15, 0.2) is 0 Å². The van der Waals surface area contributed by atoms with Crippen molar-refractivity contribution in [3.05, 3.63) is 44.5 Å². The van der Waals surface area contributed by atoms with Crippen molar-refractivity contribution < 1.29 is 9.90 Å². The van der Waals surface area contributed by atoms with Crippen LogP contribution in [0.2, 0.25) is 0 Å². The van der Waals surface area contributed by atoms with Gasteiger partial charge in [0.25, 0.3) is 11.1 Å². The summed E-state index contributed by atoms with van der Waals surface area (Å²) in [5.74, 6) is -1.08. The number of nitrogens with zero attached hydrogens (tertiary/aromatic N) is 1. The summed E-state index contributed by atoms with van der Waals surface area (Å²) in [7, 11) is 0. The second-order valence-corrected chi connectivity index (χ2v) is 3.06. The van der Waals surface area contributed by atoms with E-state index in [1.54, 1.807) is 6.92 Å². The molecule has 80 valence electrons. The molecule has 0 radical (unpaired) electrons. The van der Waals surface area contributed by atoms with Gasteiger partial charge >= 0.3 is 5.97 Å². The fraction of sp³-hybridized carbons (Fsp3) is 0.222. The van der Waals surface area contributed by atoms with Gasteiger partial charge in [0.2, 0.25) is 0 Å². The van der Waals surface area contributed by atoms with Crippen molar-refractivity contribution in [1.82, 2.24) is 9.78 Å². The Hall–Kier alpha value is -2.11. The van der Waals surface area contributed by atoms with Crippen LogP contribution in [0, 0.1) is 0 Å². The SMILES string of the molecule is CC(=CC(=O)O)Cn1[nH]c(=O)ccc1=O. The van der Waals surface area contributed by atoms with E-state index in [9.17, 15) is 14.4 Å². The van der Waals surface area contributed by atoms with Crippen LogP contribution >= 0.6 is 0 Å². The summed E-state index contributed by atoms with van der Waals surface area (Å²) < 4.78 is 1.05. The molecule has 0 saturated heterocycles. The lowest BCUT2D eigenvalue weighted by atomic mass is 10.3. The number of aliphatic carboxylic acids is 1. The topological polar surface area (TPSA) is 92.2 Å². The van der Waals surface area contributed by atoms with Crippen LogP contribution in [0.25, 0.3) is 0 Å². The van der Waals surface area contributed by atoms with Gasteiger partial charge in [0.1, 0.15) is 0 Å². The fourth-order valence-electron chi connectivity index (χ4n) is 1.09. The van der Waals surface area contributed by atoms with Gasteiger partial charge in [-0.25, -0.2) is 9.48 Å². The maximum Gasteiger partial charge on any atom is 0.328 e. The molecule has 0 aliphatic carbocycles. The molecule has 0 spiro atoms. The predicted molar refractivity (Wildman–Crippen MR) is 52.7 cm³/mol. The van der Waals surface area contributed by atoms with Crippen LogP contribution in [-0.2, 0) is 11.3 Å². The highest BCUT2D eigenvalue weighted by atomic mass is 16.4. The average molecular weight is 210 g/mol. The van der Waals surface area contributed by atoms with Crippen LogP contribution in [0.5, 0.6) is 0 Å². The third kappa shape index (κ3) is 3.26. The van der Waals surface area contributed by atoms with E-state index in [1.807, 2.05) is 0 Å². The minimum atomic E-state index is -1.08. The molecule has 0 saturated carbocycles. The number of carbonyl (C=O) groups is 1. The van der Waals surface area contributed by atoms with Gasteiger partial charge in [-0.1, -0.05) is 0 Å². The fourth-order valence-corrected chi connectivity index (χ4v) is 1.09. The molecular weight excluding hydrogens is 200 g/mol. The number of nitrogens with one attached hydrogen (secondary N) is 1. The predicted octanol–water partition coefficient (Wildman–Crippen LogP) is -0.432. The van der Waals surface area contributed by atoms with Crippen molar-refractivity contribution in [2.75, 3.05) is 0 Å². The van der Waals surface area contributed by atoms with Crippen molar-refractivity contribution >= 4 is 5.97 Å². The van der Waals surface area contributed by atoms with E-state index in [0.717, 1.165) is 22.9 Å². The number of rotatable bonds is 3. The molecule has 2 N–H and O–H groups in total. The molecule has 0 atom stereocenters. The van der Waals surface area contributed by atoms with Gasteiger partial charge in [-0.15, -0.1) is 0 Å². The van der Waals surface area contributed by atoms with Gasteiger partial charge in [-0.2, -0.15) is 0 Å². The Kier molecular flexibility index (Phi) is 3.22. The van der Waals surface area contributed by atoms with Gasteiger partial charge < -0.3 is 5.11 Å². The summed E-state index contributed by atoms with van der Waals surface area (Å²) in [6.07, 6.45) is 0.984. The Labute approximate surface area is 84.5 Å². The second-order valence-electron chi connectivity index (χ2n) is 3.06. The van der Waals surface area contributed by atoms with Gasteiger partial charge in [-0.05, 0) is 12.5 Å². The summed E-state index contributed by atoms with van der Waals surface area (Å²) in [6.45, 7) is 1.62. The molecule has 0 aliphatic heterocycles.